The van der Waals surface area contributed by atoms with Crippen molar-refractivity contribution in [3.8, 4) is 0 Å². The number of benzene rings is 1. The highest BCUT2D eigenvalue weighted by atomic mass is 32.2. The van der Waals surface area contributed by atoms with Crippen molar-refractivity contribution in [2.45, 2.75) is 31.0 Å². The van der Waals surface area contributed by atoms with Crippen molar-refractivity contribution >= 4 is 21.8 Å². The molecule has 0 unspecified atom stereocenters. The van der Waals surface area contributed by atoms with Gasteiger partial charge >= 0.3 is 0 Å². The molecule has 0 radical (unpaired) electrons. The molecule has 20 heavy (non-hydrogen) atoms. The minimum absolute atomic E-state index is 0.0218. The lowest BCUT2D eigenvalue weighted by atomic mass is 10.2. The molecule has 6 heteroatoms. The van der Waals surface area contributed by atoms with Crippen molar-refractivity contribution in [3.63, 3.8) is 0 Å². The molecule has 0 amide bonds. The Morgan fingerprint density at radius 1 is 1.25 bits per heavy atom. The van der Waals surface area contributed by atoms with Gasteiger partial charge in [0.05, 0.1) is 12.4 Å². The summed E-state index contributed by atoms with van der Waals surface area (Å²) in [5, 5.41) is 8.99. The lowest BCUT2D eigenvalue weighted by Gasteiger charge is -2.36. The molecule has 1 aromatic rings. The van der Waals surface area contributed by atoms with Gasteiger partial charge in [0.2, 0.25) is 10.0 Å². The summed E-state index contributed by atoms with van der Waals surface area (Å²) in [7, 11) is -3.27. The first kappa shape index (κ1) is 15.8. The van der Waals surface area contributed by atoms with E-state index < -0.39 is 10.0 Å². The maximum absolute atomic E-state index is 12.5. The van der Waals surface area contributed by atoms with Gasteiger partial charge in [-0.05, 0) is 25.0 Å². The summed E-state index contributed by atoms with van der Waals surface area (Å²) >= 11 is 1.82. The molecule has 0 aliphatic carbocycles. The van der Waals surface area contributed by atoms with E-state index in [1.54, 1.807) is 28.6 Å². The third kappa shape index (κ3) is 3.97. The Bertz CT molecular complexity index is 552. The Labute approximate surface area is 125 Å². The molecule has 0 atom stereocenters. The van der Waals surface area contributed by atoms with Gasteiger partial charge in [-0.1, -0.05) is 24.3 Å². The van der Waals surface area contributed by atoms with Crippen LogP contribution < -0.4 is 0 Å². The van der Waals surface area contributed by atoms with E-state index >= 15 is 0 Å². The number of nitrogens with zero attached hydrogens (tertiary/aromatic N) is 1. The van der Waals surface area contributed by atoms with Gasteiger partial charge in [-0.3, -0.25) is 0 Å². The number of sulfonamides is 1. The molecule has 1 aliphatic rings. The third-order valence-electron chi connectivity index (χ3n) is 3.34. The molecule has 0 aromatic heterocycles. The van der Waals surface area contributed by atoms with Crippen molar-refractivity contribution in [2.24, 2.45) is 0 Å². The molecule has 1 N–H and O–H groups in total. The van der Waals surface area contributed by atoms with Gasteiger partial charge < -0.3 is 5.11 Å². The Morgan fingerprint density at radius 3 is 2.40 bits per heavy atom. The number of hydrogen-bond donors (Lipinski definition) is 1. The van der Waals surface area contributed by atoms with Crippen LogP contribution >= 0.6 is 11.8 Å². The number of aliphatic hydroxyl groups is 1. The van der Waals surface area contributed by atoms with E-state index in [0.717, 1.165) is 16.9 Å². The SMILES string of the molecule is CC1(C)CN(S(=O)(=O)Cc2ccc(CO)cc2)CCS1. The maximum atomic E-state index is 12.5. The molecule has 0 saturated carbocycles. The van der Waals surface area contributed by atoms with Crippen LogP contribution in [0.15, 0.2) is 24.3 Å². The fourth-order valence-electron chi connectivity index (χ4n) is 2.25. The van der Waals surface area contributed by atoms with E-state index in [1.165, 1.54) is 0 Å². The monoisotopic (exact) mass is 315 g/mol. The zero-order valence-electron chi connectivity index (χ0n) is 11.9. The summed E-state index contributed by atoms with van der Waals surface area (Å²) in [4.78, 5) is 0. The second-order valence-electron chi connectivity index (χ2n) is 5.67. The Morgan fingerprint density at radius 2 is 1.85 bits per heavy atom. The van der Waals surface area contributed by atoms with Crippen molar-refractivity contribution < 1.29 is 13.5 Å². The van der Waals surface area contributed by atoms with Crippen LogP contribution in [0.25, 0.3) is 0 Å². The zero-order valence-corrected chi connectivity index (χ0v) is 13.5. The first-order valence-corrected chi connectivity index (χ1v) is 9.22. The molecule has 1 fully saturated rings. The van der Waals surface area contributed by atoms with Crippen LogP contribution in [-0.4, -0.2) is 41.4 Å². The van der Waals surface area contributed by atoms with Crippen molar-refractivity contribution in [1.82, 2.24) is 4.31 Å². The van der Waals surface area contributed by atoms with E-state index in [2.05, 4.69) is 13.8 Å². The molecule has 2 rings (SSSR count). The Balaban J connectivity index is 2.10. The highest BCUT2D eigenvalue weighted by molar-refractivity contribution is 8.00. The summed E-state index contributed by atoms with van der Waals surface area (Å²) in [6.45, 7) is 5.29. The smallest absolute Gasteiger partial charge is 0.218 e. The van der Waals surface area contributed by atoms with Crippen LogP contribution in [0.3, 0.4) is 0 Å². The minimum Gasteiger partial charge on any atom is -0.392 e. The maximum Gasteiger partial charge on any atom is 0.218 e. The first-order chi connectivity index (χ1) is 9.32. The van der Waals surface area contributed by atoms with Crippen LogP contribution in [0.4, 0.5) is 0 Å². The Hall–Kier alpha value is -0.560. The van der Waals surface area contributed by atoms with E-state index in [4.69, 9.17) is 5.11 Å². The summed E-state index contributed by atoms with van der Waals surface area (Å²) in [5.74, 6) is 0.870. The van der Waals surface area contributed by atoms with Gasteiger partial charge in [0.1, 0.15) is 0 Å². The van der Waals surface area contributed by atoms with Gasteiger partial charge in [0.25, 0.3) is 0 Å². The fraction of sp³-hybridized carbons (Fsp3) is 0.571. The molecular weight excluding hydrogens is 294 g/mol. The van der Waals surface area contributed by atoms with Crippen LogP contribution in [0.2, 0.25) is 0 Å². The summed E-state index contributed by atoms with van der Waals surface area (Å²) in [5.41, 5.74) is 1.56. The number of aliphatic hydroxyl groups excluding tert-OH is 1. The van der Waals surface area contributed by atoms with Crippen LogP contribution in [0.5, 0.6) is 0 Å². The van der Waals surface area contributed by atoms with Crippen LogP contribution in [-0.2, 0) is 22.4 Å². The van der Waals surface area contributed by atoms with Gasteiger partial charge in [-0.2, -0.15) is 16.1 Å². The van der Waals surface area contributed by atoms with E-state index in [1.807, 2.05) is 11.8 Å². The molecule has 1 saturated heterocycles. The van der Waals surface area contributed by atoms with E-state index in [0.29, 0.717) is 13.1 Å². The average Bonchev–Trinajstić information content (AvgIpc) is 2.38. The van der Waals surface area contributed by atoms with Gasteiger partial charge in [0, 0.05) is 23.6 Å². The van der Waals surface area contributed by atoms with Crippen molar-refractivity contribution in [1.29, 1.82) is 0 Å². The number of hydrogen-bond acceptors (Lipinski definition) is 4. The molecular formula is C14H21NO3S2. The predicted molar refractivity (Wildman–Crippen MR) is 83.1 cm³/mol. The normalized spacial score (nSPS) is 19.9. The largest absolute Gasteiger partial charge is 0.392 e. The second-order valence-corrected chi connectivity index (χ2v) is 9.44. The summed E-state index contributed by atoms with van der Waals surface area (Å²) < 4.78 is 26.5. The second kappa shape index (κ2) is 6.05. The van der Waals surface area contributed by atoms with E-state index in [-0.39, 0.29) is 17.1 Å². The van der Waals surface area contributed by atoms with Crippen molar-refractivity contribution in [2.75, 3.05) is 18.8 Å². The zero-order chi connectivity index (χ0) is 14.8. The lowest BCUT2D eigenvalue weighted by Crippen LogP contribution is -2.46. The molecule has 1 aliphatic heterocycles. The highest BCUT2D eigenvalue weighted by Gasteiger charge is 2.33. The number of rotatable bonds is 4. The lowest BCUT2D eigenvalue weighted by molar-refractivity contribution is 0.282. The molecule has 1 aromatic carbocycles. The summed E-state index contributed by atoms with van der Waals surface area (Å²) in [6.07, 6.45) is 0. The first-order valence-electron chi connectivity index (χ1n) is 6.63. The fourth-order valence-corrected chi connectivity index (χ4v) is 5.25. The minimum atomic E-state index is -3.27. The predicted octanol–water partition coefficient (Wildman–Crippen LogP) is 1.84. The molecule has 4 nitrogen and oxygen atoms in total. The van der Waals surface area contributed by atoms with Gasteiger partial charge in [0.15, 0.2) is 0 Å². The topological polar surface area (TPSA) is 57.6 Å². The van der Waals surface area contributed by atoms with Gasteiger partial charge in [-0.15, -0.1) is 0 Å². The molecule has 0 spiro atoms. The standard InChI is InChI=1S/C14H21NO3S2/c1-14(2)11-15(7-8-19-14)20(17,18)10-13-5-3-12(9-16)4-6-13/h3-6,16H,7-11H2,1-2H3. The van der Waals surface area contributed by atoms with Gasteiger partial charge in [-0.25, -0.2) is 8.42 Å². The molecule has 112 valence electrons. The Kier molecular flexibility index (Phi) is 4.79. The average molecular weight is 315 g/mol. The van der Waals surface area contributed by atoms with Crippen LogP contribution in [0.1, 0.15) is 25.0 Å². The third-order valence-corrected chi connectivity index (χ3v) is 6.43. The molecule has 0 bridgehead atoms. The van der Waals surface area contributed by atoms with E-state index in [9.17, 15) is 8.42 Å². The van der Waals surface area contributed by atoms with Crippen LogP contribution in [0, 0.1) is 0 Å². The molecule has 1 heterocycles. The highest BCUT2D eigenvalue weighted by Crippen LogP contribution is 2.31. The van der Waals surface area contributed by atoms with Crippen molar-refractivity contribution in [3.05, 3.63) is 35.4 Å². The summed E-state index contributed by atoms with van der Waals surface area (Å²) in [6, 6.07) is 7.07. The quantitative estimate of drug-likeness (QED) is 0.921. The number of thioether (sulfide) groups is 1.